The van der Waals surface area contributed by atoms with Crippen molar-refractivity contribution in [1.29, 1.82) is 0 Å². The van der Waals surface area contributed by atoms with E-state index in [0.29, 0.717) is 0 Å². The Morgan fingerprint density at radius 1 is 1.43 bits per heavy atom. The molecule has 2 rings (SSSR count). The summed E-state index contributed by atoms with van der Waals surface area (Å²) in [6, 6.07) is 6.51. The normalized spacial score (nSPS) is 11.1. The quantitative estimate of drug-likeness (QED) is 0.472. The first kappa shape index (κ1) is 10.9. The highest BCUT2D eigenvalue weighted by molar-refractivity contribution is 9.08. The van der Waals surface area contributed by atoms with Gasteiger partial charge in [-0.3, -0.25) is 0 Å². The van der Waals surface area contributed by atoms with Crippen molar-refractivity contribution in [3.8, 4) is 0 Å². The van der Waals surface area contributed by atoms with Gasteiger partial charge in [-0.15, -0.1) is 35.7 Å². The molecular weight excluding hydrogens is 296 g/mol. The van der Waals surface area contributed by atoms with Crippen LogP contribution in [0.1, 0.15) is 5.56 Å². The van der Waals surface area contributed by atoms with Crippen LogP contribution in [0.3, 0.4) is 0 Å². The summed E-state index contributed by atoms with van der Waals surface area (Å²) < 4.78 is 2.69. The van der Waals surface area contributed by atoms with E-state index < -0.39 is 0 Å². The van der Waals surface area contributed by atoms with Gasteiger partial charge in [-0.2, -0.15) is 0 Å². The molecule has 0 aliphatic carbocycles. The minimum atomic E-state index is 0.891. The van der Waals surface area contributed by atoms with Crippen LogP contribution in [0.5, 0.6) is 0 Å². The lowest BCUT2D eigenvalue weighted by Crippen LogP contribution is -1.78. The van der Waals surface area contributed by atoms with Crippen LogP contribution >= 0.6 is 51.7 Å². The first-order valence-corrected chi connectivity index (χ1v) is 7.71. The van der Waals surface area contributed by atoms with Crippen LogP contribution in [0.25, 0.3) is 10.1 Å². The molecule has 0 saturated carbocycles. The topological polar surface area (TPSA) is 0 Å². The summed E-state index contributed by atoms with van der Waals surface area (Å²) in [5, 5.41) is 2.25. The summed E-state index contributed by atoms with van der Waals surface area (Å²) in [6.07, 6.45) is 2.11. The van der Waals surface area contributed by atoms with E-state index in [0.717, 1.165) is 10.2 Å². The third-order valence-corrected chi connectivity index (χ3v) is 5.04. The second-order valence-electron chi connectivity index (χ2n) is 2.92. The third-order valence-electron chi connectivity index (χ3n) is 2.03. The highest BCUT2D eigenvalue weighted by atomic mass is 79.9. The summed E-state index contributed by atoms with van der Waals surface area (Å²) >= 11 is 11.5. The molecule has 0 unspecified atom stereocenters. The van der Waals surface area contributed by atoms with Crippen molar-refractivity contribution in [2.75, 3.05) is 6.26 Å². The largest absolute Gasteiger partial charge is 0.143 e. The predicted octanol–water partition coefficient (Wildman–Crippen LogP) is 4.81. The van der Waals surface area contributed by atoms with Gasteiger partial charge in [-0.1, -0.05) is 15.9 Å². The monoisotopic (exact) mass is 304 g/mol. The molecule has 0 aliphatic rings. The van der Waals surface area contributed by atoms with E-state index in [2.05, 4.69) is 53.0 Å². The number of hydrogen-bond acceptors (Lipinski definition) is 3. The fourth-order valence-corrected chi connectivity index (χ4v) is 3.94. The Balaban J connectivity index is 2.71. The van der Waals surface area contributed by atoms with Crippen LogP contribution < -0.4 is 0 Å². The van der Waals surface area contributed by atoms with Crippen molar-refractivity contribution in [3.63, 3.8) is 0 Å². The molecule has 0 nitrogen and oxygen atoms in total. The highest BCUT2D eigenvalue weighted by Crippen LogP contribution is 2.35. The lowest BCUT2D eigenvalue weighted by molar-refractivity contribution is 1.41. The molecule has 0 saturated heterocycles. The Morgan fingerprint density at radius 3 is 2.86 bits per heavy atom. The van der Waals surface area contributed by atoms with Crippen LogP contribution in [0.4, 0.5) is 0 Å². The Hall–Kier alpha value is 0.360. The SMILES string of the molecule is CSc1cc2c(CBr)cc(S)cc2s1. The van der Waals surface area contributed by atoms with Gasteiger partial charge in [0, 0.05) is 14.9 Å². The molecule has 0 aliphatic heterocycles. The molecule has 0 spiro atoms. The molecule has 1 heterocycles. The Morgan fingerprint density at radius 2 is 2.21 bits per heavy atom. The van der Waals surface area contributed by atoms with Gasteiger partial charge in [0.1, 0.15) is 0 Å². The van der Waals surface area contributed by atoms with Crippen molar-refractivity contribution in [1.82, 2.24) is 0 Å². The first-order chi connectivity index (χ1) is 6.74. The average molecular weight is 305 g/mol. The molecule has 1 aromatic carbocycles. The van der Waals surface area contributed by atoms with Gasteiger partial charge in [0.15, 0.2) is 0 Å². The summed E-state index contributed by atoms with van der Waals surface area (Å²) in [5.41, 5.74) is 1.32. The molecule has 0 fully saturated rings. The number of fused-ring (bicyclic) bond motifs is 1. The molecule has 2 aromatic rings. The van der Waals surface area contributed by atoms with Gasteiger partial charge < -0.3 is 0 Å². The van der Waals surface area contributed by atoms with Crippen molar-refractivity contribution in [2.24, 2.45) is 0 Å². The summed E-state index contributed by atoms with van der Waals surface area (Å²) in [5.74, 6) is 0. The fraction of sp³-hybridized carbons (Fsp3) is 0.200. The third kappa shape index (κ3) is 1.98. The van der Waals surface area contributed by atoms with Crippen LogP contribution in [-0.4, -0.2) is 6.26 Å². The van der Waals surface area contributed by atoms with Gasteiger partial charge in [0.25, 0.3) is 0 Å². The summed E-state index contributed by atoms with van der Waals surface area (Å²) in [6.45, 7) is 0. The maximum absolute atomic E-state index is 4.40. The summed E-state index contributed by atoms with van der Waals surface area (Å²) in [7, 11) is 0. The van der Waals surface area contributed by atoms with E-state index in [1.165, 1.54) is 19.9 Å². The second-order valence-corrected chi connectivity index (χ2v) is 6.19. The van der Waals surface area contributed by atoms with Crippen LogP contribution in [0, 0.1) is 0 Å². The molecule has 0 amide bonds. The number of thiol groups is 1. The lowest BCUT2D eigenvalue weighted by Gasteiger charge is -1.99. The standard InChI is InChI=1S/C10H9BrS3/c1-13-10-4-8-6(5-11)2-7(12)3-9(8)14-10/h2-4,12H,5H2,1H3. The molecule has 74 valence electrons. The highest BCUT2D eigenvalue weighted by Gasteiger charge is 2.06. The Bertz CT molecular complexity index is 462. The van der Waals surface area contributed by atoms with Gasteiger partial charge in [-0.05, 0) is 35.4 Å². The van der Waals surface area contributed by atoms with E-state index in [1.54, 1.807) is 11.8 Å². The number of thiophene rings is 1. The van der Waals surface area contributed by atoms with Crippen molar-refractivity contribution < 1.29 is 0 Å². The van der Waals surface area contributed by atoms with Crippen LogP contribution in [0.2, 0.25) is 0 Å². The smallest absolute Gasteiger partial charge is 0.0608 e. The molecule has 0 bridgehead atoms. The van der Waals surface area contributed by atoms with Gasteiger partial charge in [-0.25, -0.2) is 0 Å². The zero-order valence-electron chi connectivity index (χ0n) is 7.58. The molecule has 0 atom stereocenters. The number of alkyl halides is 1. The number of rotatable bonds is 2. The number of halogens is 1. The van der Waals surface area contributed by atoms with E-state index >= 15 is 0 Å². The van der Waals surface area contributed by atoms with Gasteiger partial charge in [0.05, 0.1) is 4.21 Å². The lowest BCUT2D eigenvalue weighted by atomic mass is 10.1. The Labute approximate surface area is 106 Å². The molecule has 14 heavy (non-hydrogen) atoms. The first-order valence-electron chi connectivity index (χ1n) is 4.10. The number of benzene rings is 1. The zero-order valence-corrected chi connectivity index (χ0v) is 11.7. The van der Waals surface area contributed by atoms with E-state index in [9.17, 15) is 0 Å². The number of thioether (sulfide) groups is 1. The molecule has 0 N–H and O–H groups in total. The van der Waals surface area contributed by atoms with E-state index in [4.69, 9.17) is 0 Å². The molecular formula is C10H9BrS3. The van der Waals surface area contributed by atoms with E-state index in [-0.39, 0.29) is 0 Å². The second kappa shape index (κ2) is 4.47. The zero-order chi connectivity index (χ0) is 10.1. The van der Waals surface area contributed by atoms with Crippen molar-refractivity contribution >= 4 is 61.7 Å². The fourth-order valence-electron chi connectivity index (χ4n) is 1.38. The molecule has 1 aromatic heterocycles. The van der Waals surface area contributed by atoms with Crippen LogP contribution in [-0.2, 0) is 5.33 Å². The minimum absolute atomic E-state index is 0.891. The van der Waals surface area contributed by atoms with Crippen molar-refractivity contribution in [3.05, 3.63) is 23.8 Å². The average Bonchev–Trinajstić information content (AvgIpc) is 2.59. The maximum atomic E-state index is 4.40. The van der Waals surface area contributed by atoms with Gasteiger partial charge >= 0.3 is 0 Å². The Kier molecular flexibility index (Phi) is 3.47. The maximum Gasteiger partial charge on any atom is 0.0608 e. The van der Waals surface area contributed by atoms with Gasteiger partial charge in [0.2, 0.25) is 0 Å². The van der Waals surface area contributed by atoms with Crippen LogP contribution in [0.15, 0.2) is 27.3 Å². The summed E-state index contributed by atoms with van der Waals surface area (Å²) in [4.78, 5) is 1.04. The van der Waals surface area contributed by atoms with Crippen molar-refractivity contribution in [2.45, 2.75) is 14.4 Å². The number of hydrogen-bond donors (Lipinski definition) is 1. The molecule has 0 radical (unpaired) electrons. The van der Waals surface area contributed by atoms with E-state index in [1.807, 2.05) is 11.3 Å². The minimum Gasteiger partial charge on any atom is -0.143 e. The predicted molar refractivity (Wildman–Crippen MR) is 73.5 cm³/mol. The molecule has 4 heteroatoms.